The van der Waals surface area contributed by atoms with E-state index in [1.165, 1.54) is 0 Å². The number of benzene rings is 2. The summed E-state index contributed by atoms with van der Waals surface area (Å²) < 4.78 is 5.98. The third kappa shape index (κ3) is 4.23. The van der Waals surface area contributed by atoms with Crippen LogP contribution >= 0.6 is 15.9 Å². The number of aromatic nitrogens is 1. The first-order valence-electron chi connectivity index (χ1n) is 9.62. The van der Waals surface area contributed by atoms with Crippen molar-refractivity contribution in [2.45, 2.75) is 18.1 Å². The molecule has 0 saturated carbocycles. The van der Waals surface area contributed by atoms with Gasteiger partial charge in [-0.25, -0.2) is 9.78 Å². The zero-order valence-electron chi connectivity index (χ0n) is 16.0. The molecule has 30 heavy (non-hydrogen) atoms. The normalized spacial score (nSPS) is 14.5. The summed E-state index contributed by atoms with van der Waals surface area (Å²) in [6.45, 7) is 0.0255. The first-order valence-corrected chi connectivity index (χ1v) is 10.4. The van der Waals surface area contributed by atoms with Gasteiger partial charge in [0.2, 0.25) is 0 Å². The quantitative estimate of drug-likeness (QED) is 0.478. The highest BCUT2D eigenvalue weighted by Crippen LogP contribution is 2.44. The maximum Gasteiger partial charge on any atom is 0.407 e. The molecular weight excluding hydrogens is 448 g/mol. The zero-order chi connectivity index (χ0) is 21.1. The number of fused-ring (bicyclic) bond motifs is 3. The number of halogens is 1. The minimum absolute atomic E-state index is 0.0375. The van der Waals surface area contributed by atoms with E-state index in [2.05, 4.69) is 38.4 Å². The van der Waals surface area contributed by atoms with E-state index in [0.29, 0.717) is 10.3 Å². The molecule has 1 aliphatic carbocycles. The van der Waals surface area contributed by atoms with Crippen molar-refractivity contribution in [1.82, 2.24) is 10.3 Å². The molecule has 0 bridgehead atoms. The Morgan fingerprint density at radius 1 is 1.00 bits per heavy atom. The fourth-order valence-electron chi connectivity index (χ4n) is 3.73. The first-order chi connectivity index (χ1) is 14.5. The molecule has 0 spiro atoms. The van der Waals surface area contributed by atoms with Gasteiger partial charge in [-0.3, -0.25) is 0 Å². The second kappa shape index (κ2) is 8.95. The lowest BCUT2D eigenvalue weighted by Crippen LogP contribution is -2.36. The average molecular weight is 469 g/mol. The Balaban J connectivity index is 1.34. The van der Waals surface area contributed by atoms with Crippen molar-refractivity contribution in [2.75, 3.05) is 13.2 Å². The number of carbonyl (C=O) groups excluding carboxylic acids is 1. The van der Waals surface area contributed by atoms with Crippen molar-refractivity contribution in [3.8, 4) is 11.1 Å². The zero-order valence-corrected chi connectivity index (χ0v) is 17.6. The monoisotopic (exact) mass is 468 g/mol. The Labute approximate surface area is 182 Å². The second-order valence-electron chi connectivity index (χ2n) is 7.10. The molecule has 3 aromatic rings. The molecular formula is C23H21BrN2O4. The van der Waals surface area contributed by atoms with Gasteiger partial charge in [-0.2, -0.15) is 0 Å². The smallest absolute Gasteiger partial charge is 0.407 e. The minimum atomic E-state index is -1.23. The maximum absolute atomic E-state index is 12.2. The van der Waals surface area contributed by atoms with Gasteiger partial charge in [0.25, 0.3) is 0 Å². The lowest BCUT2D eigenvalue weighted by molar-refractivity contribution is 0.0160. The van der Waals surface area contributed by atoms with Gasteiger partial charge < -0.3 is 20.3 Å². The van der Waals surface area contributed by atoms with Crippen molar-refractivity contribution in [1.29, 1.82) is 0 Å². The molecule has 1 heterocycles. The number of aliphatic hydroxyl groups excluding tert-OH is 2. The number of amides is 1. The Kier molecular flexibility index (Phi) is 6.13. The molecule has 0 radical (unpaired) electrons. The Bertz CT molecular complexity index is 1010. The molecule has 2 unspecified atom stereocenters. The number of aliphatic hydroxyl groups is 2. The molecule has 1 aliphatic rings. The van der Waals surface area contributed by atoms with Crippen LogP contribution in [0.15, 0.2) is 71.3 Å². The van der Waals surface area contributed by atoms with Gasteiger partial charge >= 0.3 is 6.09 Å². The molecule has 3 N–H and O–H groups in total. The van der Waals surface area contributed by atoms with E-state index in [4.69, 9.17) is 4.74 Å². The molecule has 0 fully saturated rings. The molecule has 154 valence electrons. The first kappa shape index (κ1) is 20.5. The number of alkyl carbamates (subject to hydrolysis) is 1. The molecule has 4 rings (SSSR count). The fraction of sp³-hybridized carbons (Fsp3) is 0.217. The van der Waals surface area contributed by atoms with Crippen LogP contribution in [0.4, 0.5) is 4.79 Å². The van der Waals surface area contributed by atoms with Crippen molar-refractivity contribution < 1.29 is 19.7 Å². The molecule has 1 aromatic heterocycles. The van der Waals surface area contributed by atoms with Gasteiger partial charge in [0.1, 0.15) is 23.4 Å². The molecule has 1 amide bonds. The number of rotatable bonds is 6. The van der Waals surface area contributed by atoms with Crippen LogP contribution in [-0.2, 0) is 4.74 Å². The summed E-state index contributed by atoms with van der Waals surface area (Å²) in [7, 11) is 0. The summed E-state index contributed by atoms with van der Waals surface area (Å²) in [6, 6.07) is 21.2. The van der Waals surface area contributed by atoms with E-state index in [1.54, 1.807) is 18.2 Å². The van der Waals surface area contributed by atoms with Crippen LogP contribution in [0.5, 0.6) is 0 Å². The van der Waals surface area contributed by atoms with Crippen molar-refractivity contribution >= 4 is 22.0 Å². The van der Waals surface area contributed by atoms with Crippen LogP contribution in [0.1, 0.15) is 28.8 Å². The number of hydrogen-bond donors (Lipinski definition) is 3. The highest BCUT2D eigenvalue weighted by Gasteiger charge is 2.29. The van der Waals surface area contributed by atoms with Crippen LogP contribution in [0.3, 0.4) is 0 Å². The standard InChI is InChI=1S/C23H21BrN2O4/c24-21-11-5-10-19(26-21)22(28)20(27)12-25-23(29)30-13-18-16-8-3-1-6-14(16)15-7-2-4-9-17(15)18/h1-11,18,20,22,27-28H,12-13H2,(H,25,29). The van der Waals surface area contributed by atoms with Gasteiger partial charge in [-0.05, 0) is 50.3 Å². The molecule has 2 atom stereocenters. The Morgan fingerprint density at radius 3 is 2.27 bits per heavy atom. The van der Waals surface area contributed by atoms with Crippen LogP contribution in [-0.4, -0.2) is 40.5 Å². The summed E-state index contributed by atoms with van der Waals surface area (Å²) in [5.41, 5.74) is 4.88. The number of hydrogen-bond acceptors (Lipinski definition) is 5. The third-order valence-electron chi connectivity index (χ3n) is 5.20. The minimum Gasteiger partial charge on any atom is -0.449 e. The van der Waals surface area contributed by atoms with Crippen molar-refractivity contribution in [3.05, 3.63) is 88.2 Å². The van der Waals surface area contributed by atoms with Crippen LogP contribution in [0, 0.1) is 0 Å². The number of pyridine rings is 1. The summed E-state index contributed by atoms with van der Waals surface area (Å²) >= 11 is 3.22. The summed E-state index contributed by atoms with van der Waals surface area (Å²) in [5, 5.41) is 22.9. The largest absolute Gasteiger partial charge is 0.449 e. The number of nitrogens with zero attached hydrogens (tertiary/aromatic N) is 1. The van der Waals surface area contributed by atoms with Crippen LogP contribution in [0.25, 0.3) is 11.1 Å². The Hall–Kier alpha value is -2.74. The van der Waals surface area contributed by atoms with Crippen LogP contribution in [0.2, 0.25) is 0 Å². The third-order valence-corrected chi connectivity index (χ3v) is 5.65. The topological polar surface area (TPSA) is 91.7 Å². The summed E-state index contributed by atoms with van der Waals surface area (Å²) in [4.78, 5) is 16.3. The molecule has 0 aliphatic heterocycles. The van der Waals surface area contributed by atoms with E-state index in [9.17, 15) is 15.0 Å². The van der Waals surface area contributed by atoms with E-state index in [-0.39, 0.29) is 19.1 Å². The number of carbonyl (C=O) groups is 1. The van der Waals surface area contributed by atoms with Gasteiger partial charge in [0.15, 0.2) is 0 Å². The molecule has 0 saturated heterocycles. The fourth-order valence-corrected chi connectivity index (χ4v) is 4.09. The van der Waals surface area contributed by atoms with Gasteiger partial charge in [-0.1, -0.05) is 54.6 Å². The number of ether oxygens (including phenoxy) is 1. The van der Waals surface area contributed by atoms with Gasteiger partial charge in [0, 0.05) is 12.5 Å². The summed E-state index contributed by atoms with van der Waals surface area (Å²) in [5.74, 6) is -0.0375. The lowest BCUT2D eigenvalue weighted by Gasteiger charge is -2.19. The maximum atomic E-state index is 12.2. The highest BCUT2D eigenvalue weighted by molar-refractivity contribution is 9.10. The van der Waals surface area contributed by atoms with Crippen LogP contribution < -0.4 is 5.32 Å². The van der Waals surface area contributed by atoms with Crippen molar-refractivity contribution in [3.63, 3.8) is 0 Å². The molecule has 2 aromatic carbocycles. The predicted octanol–water partition coefficient (Wildman–Crippen LogP) is 3.78. The molecule has 6 nitrogen and oxygen atoms in total. The van der Waals surface area contributed by atoms with E-state index in [1.807, 2.05) is 36.4 Å². The van der Waals surface area contributed by atoms with E-state index >= 15 is 0 Å². The predicted molar refractivity (Wildman–Crippen MR) is 116 cm³/mol. The van der Waals surface area contributed by atoms with E-state index < -0.39 is 18.3 Å². The van der Waals surface area contributed by atoms with E-state index in [0.717, 1.165) is 22.3 Å². The highest BCUT2D eigenvalue weighted by atomic mass is 79.9. The lowest BCUT2D eigenvalue weighted by atomic mass is 9.98. The SMILES string of the molecule is O=C(NCC(O)C(O)c1cccc(Br)n1)OCC1c2ccccc2-c2ccccc21. The van der Waals surface area contributed by atoms with Gasteiger partial charge in [0.05, 0.1) is 5.69 Å². The number of nitrogens with one attached hydrogen (secondary N) is 1. The molecule has 7 heteroatoms. The summed E-state index contributed by atoms with van der Waals surface area (Å²) in [6.07, 6.45) is -3.09. The Morgan fingerprint density at radius 2 is 1.63 bits per heavy atom. The van der Waals surface area contributed by atoms with Crippen molar-refractivity contribution in [2.24, 2.45) is 0 Å². The van der Waals surface area contributed by atoms with Gasteiger partial charge in [-0.15, -0.1) is 0 Å². The second-order valence-corrected chi connectivity index (χ2v) is 7.92. The average Bonchev–Trinajstić information content (AvgIpc) is 3.09.